The van der Waals surface area contributed by atoms with Crippen molar-refractivity contribution in [3.8, 4) is 159 Å². The predicted octanol–water partition coefficient (Wildman–Crippen LogP) is 24.4. The summed E-state index contributed by atoms with van der Waals surface area (Å²) in [7, 11) is 0. The van der Waals surface area contributed by atoms with Gasteiger partial charge in [0.2, 0.25) is 5.69 Å². The van der Waals surface area contributed by atoms with E-state index in [0.717, 1.165) is 61.3 Å². The van der Waals surface area contributed by atoms with Crippen molar-refractivity contribution in [1.82, 2.24) is 68.9 Å². The van der Waals surface area contributed by atoms with E-state index in [2.05, 4.69) is 9.69 Å². The molecule has 20 rings (SSSR count). The Morgan fingerprint density at radius 1 is 0.237 bits per heavy atom. The Hall–Kier alpha value is -16.5. The van der Waals surface area contributed by atoms with Gasteiger partial charge in [0.1, 0.15) is 0 Å². The second-order valence-corrected chi connectivity index (χ2v) is 28.0. The molecular weight excluding hydrogens is 1470 g/mol. The zero-order valence-corrected chi connectivity index (χ0v) is 62.2. The Morgan fingerprint density at radius 3 is 0.720 bits per heavy atom. The van der Waals surface area contributed by atoms with Crippen LogP contribution in [0.1, 0.15) is 5.56 Å². The van der Waals surface area contributed by atoms with Crippen LogP contribution in [-0.4, -0.2) is 68.9 Å². The molecule has 0 aliphatic heterocycles. The molecule has 0 bridgehead atoms. The molecule has 0 amide bonds. The molecule has 0 atom stereocenters. The number of alkyl halides is 3. The van der Waals surface area contributed by atoms with E-state index in [1.165, 1.54) is 12.1 Å². The van der Waals surface area contributed by atoms with Crippen molar-refractivity contribution in [1.29, 1.82) is 0 Å². The smallest absolute Gasteiger partial charge is 0.319 e. The standard InChI is InChI=1S/C99H57F3N16/c1-103-78-45-27-44-77(99(100,101)102)84(78)76-54-55-79(117-80-56-68(95-109-87(60-28-11-3-12-29-60)105-88(110-95)61-30-13-4-14-31-61)46-50-72(80)73-51-47-69(57-81(73)117)96-111-89(62-32-15-5-16-33-62)106-90(112-96)63-34-17-6-18-35-63)85(104-2)86(76)118-82-58-70(97-113-91(64-36-19-7-20-37-64)107-92(114-97)65-38-21-8-22-39-65)48-52-74(82)75-53-49-71(59-83(75)118)98-115-93(66-40-23-9-24-41-66)108-94(116-98)67-42-25-10-26-43-67/h3-59H. The van der Waals surface area contributed by atoms with Crippen LogP contribution < -0.4 is 0 Å². The number of nitrogens with zero attached hydrogens (tertiary/aromatic N) is 16. The van der Waals surface area contributed by atoms with E-state index in [1.54, 1.807) is 12.1 Å². The monoisotopic (exact) mass is 1530 g/mol. The average molecular weight is 1530 g/mol. The molecular formula is C99H57F3N16. The number of hydrogen-bond acceptors (Lipinski definition) is 12. The first-order valence-corrected chi connectivity index (χ1v) is 37.8. The topological polar surface area (TPSA) is 173 Å². The van der Waals surface area contributed by atoms with Crippen LogP contribution in [0.5, 0.6) is 0 Å². The summed E-state index contributed by atoms with van der Waals surface area (Å²) < 4.78 is 53.5. The fraction of sp³-hybridized carbons (Fsp3) is 0.0101. The number of hydrogen-bond donors (Lipinski definition) is 0. The van der Waals surface area contributed by atoms with Gasteiger partial charge in [0.05, 0.1) is 52.1 Å². The lowest BCUT2D eigenvalue weighted by Crippen LogP contribution is -2.09. The summed E-state index contributed by atoms with van der Waals surface area (Å²) in [6.45, 7) is 18.8. The van der Waals surface area contributed by atoms with Gasteiger partial charge in [-0.1, -0.05) is 315 Å². The van der Waals surface area contributed by atoms with Gasteiger partial charge in [-0.25, -0.2) is 69.5 Å². The van der Waals surface area contributed by atoms with Crippen molar-refractivity contribution in [2.75, 3.05) is 0 Å². The first-order chi connectivity index (χ1) is 58.0. The number of rotatable bonds is 15. The molecule has 0 saturated heterocycles. The zero-order valence-electron chi connectivity index (χ0n) is 62.2. The highest BCUT2D eigenvalue weighted by Crippen LogP contribution is 2.52. The Labute approximate surface area is 672 Å². The lowest BCUT2D eigenvalue weighted by molar-refractivity contribution is -0.137. The maximum atomic E-state index is 16.6. The van der Waals surface area contributed by atoms with E-state index >= 15 is 13.2 Å². The van der Waals surface area contributed by atoms with Crippen LogP contribution in [0.15, 0.2) is 346 Å². The summed E-state index contributed by atoms with van der Waals surface area (Å²) in [5.41, 5.74) is 8.25. The van der Waals surface area contributed by atoms with Gasteiger partial charge in [0, 0.05) is 93.9 Å². The fourth-order valence-corrected chi connectivity index (χ4v) is 15.3. The van der Waals surface area contributed by atoms with Crippen molar-refractivity contribution in [2.45, 2.75) is 6.18 Å². The molecule has 14 aromatic carbocycles. The minimum atomic E-state index is -5.03. The summed E-state index contributed by atoms with van der Waals surface area (Å²) in [6.07, 6.45) is -5.03. The normalized spacial score (nSPS) is 11.5. The first-order valence-electron chi connectivity index (χ1n) is 37.8. The fourth-order valence-electron chi connectivity index (χ4n) is 15.3. The largest absolute Gasteiger partial charge is 0.415 e. The van der Waals surface area contributed by atoms with Crippen LogP contribution in [0.25, 0.3) is 212 Å². The minimum absolute atomic E-state index is 0.00292. The summed E-state index contributed by atoms with van der Waals surface area (Å²) in [6, 6.07) is 107. The van der Waals surface area contributed by atoms with Crippen LogP contribution >= 0.6 is 0 Å². The summed E-state index contributed by atoms with van der Waals surface area (Å²) in [5, 5.41) is 2.72. The Balaban J connectivity index is 0.919. The number of aromatic nitrogens is 14. The van der Waals surface area contributed by atoms with Crippen molar-refractivity contribution >= 4 is 55.0 Å². The van der Waals surface area contributed by atoms with E-state index in [0.29, 0.717) is 113 Å². The lowest BCUT2D eigenvalue weighted by Gasteiger charge is -2.23. The van der Waals surface area contributed by atoms with E-state index in [4.69, 9.17) is 66.4 Å². The Kier molecular flexibility index (Phi) is 17.7. The van der Waals surface area contributed by atoms with Crippen molar-refractivity contribution in [3.05, 3.63) is 374 Å². The molecule has 0 radical (unpaired) electrons. The van der Waals surface area contributed by atoms with Crippen LogP contribution in [0, 0.1) is 13.1 Å². The van der Waals surface area contributed by atoms with Crippen molar-refractivity contribution < 1.29 is 13.2 Å². The van der Waals surface area contributed by atoms with Crippen LogP contribution in [-0.2, 0) is 6.18 Å². The highest BCUT2D eigenvalue weighted by atomic mass is 19.4. The van der Waals surface area contributed by atoms with Crippen LogP contribution in [0.2, 0.25) is 0 Å². The summed E-state index contributed by atoms with van der Waals surface area (Å²) >= 11 is 0. The van der Waals surface area contributed by atoms with E-state index in [-0.39, 0.29) is 40.0 Å². The molecule has 554 valence electrons. The highest BCUT2D eigenvalue weighted by molar-refractivity contribution is 6.15. The second kappa shape index (κ2) is 29.5. The molecule has 0 aliphatic rings. The lowest BCUT2D eigenvalue weighted by atomic mass is 9.94. The minimum Gasteiger partial charge on any atom is -0.319 e. The third kappa shape index (κ3) is 13.0. The Morgan fingerprint density at radius 2 is 0.483 bits per heavy atom. The van der Waals surface area contributed by atoms with Gasteiger partial charge in [-0.2, -0.15) is 13.2 Å². The molecule has 0 aliphatic carbocycles. The summed E-state index contributed by atoms with van der Waals surface area (Å²) in [4.78, 5) is 70.3. The third-order valence-corrected chi connectivity index (χ3v) is 20.8. The number of benzene rings is 14. The molecule has 0 fully saturated rings. The predicted molar refractivity (Wildman–Crippen MR) is 457 cm³/mol. The van der Waals surface area contributed by atoms with Gasteiger partial charge in [-0.3, -0.25) is 0 Å². The third-order valence-electron chi connectivity index (χ3n) is 20.8. The molecule has 0 spiro atoms. The average Bonchev–Trinajstić information content (AvgIpc) is 1.53. The zero-order chi connectivity index (χ0) is 79.4. The summed E-state index contributed by atoms with van der Waals surface area (Å²) in [5.74, 6) is 4.50. The van der Waals surface area contributed by atoms with E-state index < -0.39 is 17.3 Å². The first kappa shape index (κ1) is 70.6. The molecule has 20 aromatic rings. The van der Waals surface area contributed by atoms with Gasteiger partial charge in [0.25, 0.3) is 0 Å². The van der Waals surface area contributed by atoms with Gasteiger partial charge in [-0.15, -0.1) is 0 Å². The Bertz CT molecular complexity index is 6810. The molecule has 16 nitrogen and oxygen atoms in total. The molecule has 6 heterocycles. The molecule has 0 N–H and O–H groups in total. The van der Waals surface area contributed by atoms with E-state index in [9.17, 15) is 6.57 Å². The van der Waals surface area contributed by atoms with Gasteiger partial charge in [0.15, 0.2) is 75.6 Å². The van der Waals surface area contributed by atoms with Gasteiger partial charge >= 0.3 is 6.18 Å². The molecule has 0 unspecified atom stereocenters. The molecule has 0 saturated carbocycles. The highest BCUT2D eigenvalue weighted by Gasteiger charge is 2.37. The molecule has 118 heavy (non-hydrogen) atoms. The van der Waals surface area contributed by atoms with Crippen LogP contribution in [0.3, 0.4) is 0 Å². The maximum absolute atomic E-state index is 16.6. The molecule has 19 heteroatoms. The maximum Gasteiger partial charge on any atom is 0.415 e. The van der Waals surface area contributed by atoms with Crippen LogP contribution in [0.4, 0.5) is 24.5 Å². The van der Waals surface area contributed by atoms with E-state index in [1.807, 2.05) is 325 Å². The molecule has 6 aromatic heterocycles. The van der Waals surface area contributed by atoms with Crippen molar-refractivity contribution in [3.63, 3.8) is 0 Å². The quantitative estimate of drug-likeness (QED) is 0.0890. The second-order valence-electron chi connectivity index (χ2n) is 28.0. The van der Waals surface area contributed by atoms with Crippen molar-refractivity contribution in [2.24, 2.45) is 0 Å². The van der Waals surface area contributed by atoms with Gasteiger partial charge < -0.3 is 9.13 Å². The SMILES string of the molecule is [C-]#[N+]c1cccc(C(F)(F)F)c1-c1ccc(-n2c3cc(-c4nc(-c5ccccc5)nc(-c5ccccc5)n4)ccc3c3ccc(-c4nc(-c5ccccc5)nc(-c5ccccc5)n4)cc32)c([N+]#[C-])c1-n1c2cc(-c3nc(-c4ccccc4)nc(-c4ccccc4)n3)ccc2c2ccc(-c3nc(-c4ccccc4)nc(-c4ccccc4)n3)cc21. The number of fused-ring (bicyclic) bond motifs is 6. The van der Waals surface area contributed by atoms with Gasteiger partial charge in [-0.05, 0) is 35.9 Å². The number of halogens is 3.